The van der Waals surface area contributed by atoms with Gasteiger partial charge in [0.1, 0.15) is 0 Å². The predicted molar refractivity (Wildman–Crippen MR) is 81.6 cm³/mol. The van der Waals surface area contributed by atoms with Crippen molar-refractivity contribution in [2.75, 3.05) is 5.73 Å². The highest BCUT2D eigenvalue weighted by atomic mass is 35.5. The summed E-state index contributed by atoms with van der Waals surface area (Å²) in [5.74, 6) is 0. The third-order valence-electron chi connectivity index (χ3n) is 3.45. The predicted octanol–water partition coefficient (Wildman–Crippen LogP) is 4.23. The Balaban J connectivity index is 2.01. The van der Waals surface area contributed by atoms with E-state index in [9.17, 15) is 0 Å². The minimum atomic E-state index is 0.608. The SMILES string of the molecule is Cc1cccc2c1ccn2Cc1ccc(Cl)c(N)c1. The molecule has 19 heavy (non-hydrogen) atoms. The van der Waals surface area contributed by atoms with Crippen LogP contribution < -0.4 is 5.73 Å². The van der Waals surface area contributed by atoms with Gasteiger partial charge in [-0.3, -0.25) is 0 Å². The number of anilines is 1. The Morgan fingerprint density at radius 2 is 2.00 bits per heavy atom. The quantitative estimate of drug-likeness (QED) is 0.694. The average molecular weight is 271 g/mol. The lowest BCUT2D eigenvalue weighted by Crippen LogP contribution is -1.99. The maximum absolute atomic E-state index is 5.95. The molecule has 0 atom stereocenters. The highest BCUT2D eigenvalue weighted by molar-refractivity contribution is 6.33. The van der Waals surface area contributed by atoms with Gasteiger partial charge in [0.05, 0.1) is 10.7 Å². The molecule has 0 aliphatic carbocycles. The molecular weight excluding hydrogens is 256 g/mol. The molecule has 0 aliphatic rings. The number of halogens is 1. The van der Waals surface area contributed by atoms with Gasteiger partial charge in [-0.25, -0.2) is 0 Å². The van der Waals surface area contributed by atoms with E-state index in [0.29, 0.717) is 10.7 Å². The molecule has 0 amide bonds. The fraction of sp³-hybridized carbons (Fsp3) is 0.125. The zero-order valence-electron chi connectivity index (χ0n) is 10.7. The second-order valence-electron chi connectivity index (χ2n) is 4.81. The number of benzene rings is 2. The van der Waals surface area contributed by atoms with E-state index in [1.165, 1.54) is 16.5 Å². The van der Waals surface area contributed by atoms with E-state index in [0.717, 1.165) is 12.1 Å². The molecule has 0 spiro atoms. The first-order valence-electron chi connectivity index (χ1n) is 6.23. The third kappa shape index (κ3) is 2.20. The highest BCUT2D eigenvalue weighted by Gasteiger charge is 2.04. The summed E-state index contributed by atoms with van der Waals surface area (Å²) < 4.78 is 2.23. The first kappa shape index (κ1) is 12.1. The lowest BCUT2D eigenvalue weighted by Gasteiger charge is -2.08. The summed E-state index contributed by atoms with van der Waals surface area (Å²) in [6, 6.07) is 14.3. The Morgan fingerprint density at radius 1 is 1.16 bits per heavy atom. The van der Waals surface area contributed by atoms with Gasteiger partial charge in [-0.1, -0.05) is 29.8 Å². The summed E-state index contributed by atoms with van der Waals surface area (Å²) in [7, 11) is 0. The maximum atomic E-state index is 5.95. The summed E-state index contributed by atoms with van der Waals surface area (Å²) in [6.45, 7) is 2.93. The molecule has 96 valence electrons. The van der Waals surface area contributed by atoms with Crippen LogP contribution in [0.4, 0.5) is 5.69 Å². The largest absolute Gasteiger partial charge is 0.398 e. The number of aromatic nitrogens is 1. The first-order chi connectivity index (χ1) is 9.15. The lowest BCUT2D eigenvalue weighted by atomic mass is 10.1. The average Bonchev–Trinajstić information content (AvgIpc) is 2.79. The van der Waals surface area contributed by atoms with E-state index in [2.05, 4.69) is 42.0 Å². The number of aryl methyl sites for hydroxylation is 1. The Labute approximate surface area is 117 Å². The molecule has 0 saturated carbocycles. The summed E-state index contributed by atoms with van der Waals surface area (Å²) in [5.41, 5.74) is 10.2. The van der Waals surface area contributed by atoms with E-state index in [4.69, 9.17) is 17.3 Å². The van der Waals surface area contributed by atoms with Crippen molar-refractivity contribution < 1.29 is 0 Å². The van der Waals surface area contributed by atoms with Gasteiger partial charge in [0, 0.05) is 23.6 Å². The zero-order valence-corrected chi connectivity index (χ0v) is 11.5. The van der Waals surface area contributed by atoms with Gasteiger partial charge < -0.3 is 10.3 Å². The summed E-state index contributed by atoms with van der Waals surface area (Å²) in [6.07, 6.45) is 2.11. The number of hydrogen-bond acceptors (Lipinski definition) is 1. The Hall–Kier alpha value is -1.93. The van der Waals surface area contributed by atoms with Crippen LogP contribution in [0.25, 0.3) is 10.9 Å². The number of nitrogens with zero attached hydrogens (tertiary/aromatic N) is 1. The van der Waals surface area contributed by atoms with Gasteiger partial charge in [0.15, 0.2) is 0 Å². The number of rotatable bonds is 2. The van der Waals surface area contributed by atoms with Gasteiger partial charge in [-0.2, -0.15) is 0 Å². The van der Waals surface area contributed by atoms with E-state index in [1.54, 1.807) is 0 Å². The zero-order chi connectivity index (χ0) is 13.4. The van der Waals surface area contributed by atoms with Gasteiger partial charge >= 0.3 is 0 Å². The Kier molecular flexibility index (Phi) is 2.96. The molecule has 0 unspecified atom stereocenters. The number of nitrogens with two attached hydrogens (primary N) is 1. The van der Waals surface area contributed by atoms with Crippen molar-refractivity contribution in [3.05, 3.63) is 64.8 Å². The molecule has 0 radical (unpaired) electrons. The highest BCUT2D eigenvalue weighted by Crippen LogP contribution is 2.23. The lowest BCUT2D eigenvalue weighted by molar-refractivity contribution is 0.837. The molecule has 3 rings (SSSR count). The third-order valence-corrected chi connectivity index (χ3v) is 3.79. The van der Waals surface area contributed by atoms with Crippen molar-refractivity contribution in [3.63, 3.8) is 0 Å². The van der Waals surface area contributed by atoms with Crippen LogP contribution in [-0.4, -0.2) is 4.57 Å². The molecule has 0 aliphatic heterocycles. The van der Waals surface area contributed by atoms with E-state index in [-0.39, 0.29) is 0 Å². The van der Waals surface area contributed by atoms with Crippen LogP contribution in [0.5, 0.6) is 0 Å². The fourth-order valence-corrected chi connectivity index (χ4v) is 2.52. The topological polar surface area (TPSA) is 30.9 Å². The molecule has 2 aromatic carbocycles. The van der Waals surface area contributed by atoms with E-state index >= 15 is 0 Å². The molecule has 1 heterocycles. The normalized spacial score (nSPS) is 11.1. The molecule has 0 fully saturated rings. The fourth-order valence-electron chi connectivity index (χ4n) is 2.40. The molecular formula is C16H15ClN2. The standard InChI is InChI=1S/C16H15ClN2/c1-11-3-2-4-16-13(11)7-8-19(16)10-12-5-6-14(17)15(18)9-12/h2-9H,10,18H2,1H3. The van der Waals surface area contributed by atoms with Crippen LogP contribution in [0.1, 0.15) is 11.1 Å². The van der Waals surface area contributed by atoms with Crippen LogP contribution in [-0.2, 0) is 6.54 Å². The van der Waals surface area contributed by atoms with Crippen molar-refractivity contribution in [2.45, 2.75) is 13.5 Å². The molecule has 0 saturated heterocycles. The Morgan fingerprint density at radius 3 is 2.79 bits per heavy atom. The maximum Gasteiger partial charge on any atom is 0.0635 e. The number of fused-ring (bicyclic) bond motifs is 1. The molecule has 3 heteroatoms. The first-order valence-corrected chi connectivity index (χ1v) is 6.61. The summed E-state index contributed by atoms with van der Waals surface area (Å²) >= 11 is 5.95. The molecule has 2 nitrogen and oxygen atoms in total. The Bertz CT molecular complexity index is 744. The summed E-state index contributed by atoms with van der Waals surface area (Å²) in [4.78, 5) is 0. The van der Waals surface area contributed by atoms with E-state index < -0.39 is 0 Å². The second kappa shape index (κ2) is 4.63. The van der Waals surface area contributed by atoms with Crippen molar-refractivity contribution in [2.24, 2.45) is 0 Å². The molecule has 2 N–H and O–H groups in total. The smallest absolute Gasteiger partial charge is 0.0635 e. The van der Waals surface area contributed by atoms with Crippen molar-refractivity contribution in [1.82, 2.24) is 4.57 Å². The molecule has 0 bridgehead atoms. The van der Waals surface area contributed by atoms with Gasteiger partial charge in [-0.05, 0) is 42.3 Å². The van der Waals surface area contributed by atoms with Crippen LogP contribution >= 0.6 is 11.6 Å². The molecule has 3 aromatic rings. The van der Waals surface area contributed by atoms with Gasteiger partial charge in [0.25, 0.3) is 0 Å². The van der Waals surface area contributed by atoms with Crippen LogP contribution in [0.3, 0.4) is 0 Å². The minimum Gasteiger partial charge on any atom is -0.398 e. The summed E-state index contributed by atoms with van der Waals surface area (Å²) in [5, 5.41) is 1.90. The van der Waals surface area contributed by atoms with Crippen molar-refractivity contribution in [3.8, 4) is 0 Å². The number of nitrogen functional groups attached to an aromatic ring is 1. The number of hydrogen-bond donors (Lipinski definition) is 1. The van der Waals surface area contributed by atoms with E-state index in [1.807, 2.05) is 18.2 Å². The molecule has 1 aromatic heterocycles. The van der Waals surface area contributed by atoms with Crippen LogP contribution in [0.15, 0.2) is 48.7 Å². The van der Waals surface area contributed by atoms with Gasteiger partial charge in [-0.15, -0.1) is 0 Å². The monoisotopic (exact) mass is 270 g/mol. The van der Waals surface area contributed by atoms with Crippen molar-refractivity contribution >= 4 is 28.2 Å². The van der Waals surface area contributed by atoms with Crippen LogP contribution in [0.2, 0.25) is 5.02 Å². The minimum absolute atomic E-state index is 0.608. The van der Waals surface area contributed by atoms with Crippen molar-refractivity contribution in [1.29, 1.82) is 0 Å². The second-order valence-corrected chi connectivity index (χ2v) is 5.21. The van der Waals surface area contributed by atoms with Crippen LogP contribution in [0, 0.1) is 6.92 Å². The van der Waals surface area contributed by atoms with Gasteiger partial charge in [0.2, 0.25) is 0 Å².